The molecule has 0 atom stereocenters. The Kier molecular flexibility index (Phi) is 5.58. The molecule has 5 nitrogen and oxygen atoms in total. The van der Waals surface area contributed by atoms with Crippen molar-refractivity contribution in [2.75, 3.05) is 38.4 Å². The Morgan fingerprint density at radius 2 is 1.81 bits per heavy atom. The number of methoxy groups -OCH3 is 1. The molecule has 0 unspecified atom stereocenters. The summed E-state index contributed by atoms with van der Waals surface area (Å²) in [6.45, 7) is 1.83. The second-order valence-corrected chi connectivity index (χ2v) is 5.31. The smallest absolute Gasteiger partial charge is 0.299 e. The fourth-order valence-electron chi connectivity index (χ4n) is 2.13. The van der Waals surface area contributed by atoms with Gasteiger partial charge in [-0.1, -0.05) is 23.2 Å². The molecule has 0 aliphatic carbocycles. The molecule has 1 aromatic carbocycles. The minimum atomic E-state index is -0.613. The van der Waals surface area contributed by atoms with Crippen molar-refractivity contribution >= 4 is 40.6 Å². The van der Waals surface area contributed by atoms with Crippen LogP contribution >= 0.6 is 23.2 Å². The fourth-order valence-corrected chi connectivity index (χ4v) is 2.63. The van der Waals surface area contributed by atoms with Gasteiger partial charge in [0.15, 0.2) is 0 Å². The number of carbonyl (C=O) groups is 2. The Labute approximate surface area is 132 Å². The SMILES string of the molecule is COCCOCCCN1C(=O)C(=O)c2c(Cl)ccc(Cl)c21. The Morgan fingerprint density at radius 1 is 1.10 bits per heavy atom. The van der Waals surface area contributed by atoms with Gasteiger partial charge in [-0.05, 0) is 18.6 Å². The second-order valence-electron chi connectivity index (χ2n) is 4.50. The Balaban J connectivity index is 2.04. The number of fused-ring (bicyclic) bond motifs is 1. The summed E-state index contributed by atoms with van der Waals surface area (Å²) in [4.78, 5) is 25.4. The molecule has 2 rings (SSSR count). The molecule has 0 radical (unpaired) electrons. The number of hydrogen-bond donors (Lipinski definition) is 0. The number of rotatable bonds is 7. The monoisotopic (exact) mass is 331 g/mol. The van der Waals surface area contributed by atoms with Crippen LogP contribution in [-0.2, 0) is 14.3 Å². The van der Waals surface area contributed by atoms with Gasteiger partial charge in [0.05, 0.1) is 34.5 Å². The van der Waals surface area contributed by atoms with E-state index in [1.807, 2.05) is 0 Å². The molecular weight excluding hydrogens is 317 g/mol. The number of amides is 1. The molecule has 7 heteroatoms. The lowest BCUT2D eigenvalue weighted by Crippen LogP contribution is -2.31. The molecule has 1 aromatic rings. The third-order valence-corrected chi connectivity index (χ3v) is 3.74. The quantitative estimate of drug-likeness (QED) is 0.569. The van der Waals surface area contributed by atoms with Gasteiger partial charge in [-0.25, -0.2) is 0 Å². The van der Waals surface area contributed by atoms with Gasteiger partial charge in [-0.2, -0.15) is 0 Å². The van der Waals surface area contributed by atoms with Gasteiger partial charge in [-0.15, -0.1) is 0 Å². The van der Waals surface area contributed by atoms with Crippen LogP contribution < -0.4 is 4.90 Å². The summed E-state index contributed by atoms with van der Waals surface area (Å²) in [6.07, 6.45) is 0.588. The van der Waals surface area contributed by atoms with Gasteiger partial charge in [0.2, 0.25) is 0 Å². The molecule has 1 aliphatic heterocycles. The number of hydrogen-bond acceptors (Lipinski definition) is 4. The summed E-state index contributed by atoms with van der Waals surface area (Å²) >= 11 is 12.1. The Morgan fingerprint density at radius 3 is 2.52 bits per heavy atom. The predicted octanol–water partition coefficient (Wildman–Crippen LogP) is 2.58. The summed E-state index contributed by atoms with van der Waals surface area (Å²) in [7, 11) is 1.60. The van der Waals surface area contributed by atoms with Crippen LogP contribution in [0.25, 0.3) is 0 Å². The molecular formula is C14H15Cl2NO4. The van der Waals surface area contributed by atoms with E-state index in [2.05, 4.69) is 0 Å². The molecule has 1 aliphatic rings. The van der Waals surface area contributed by atoms with Gasteiger partial charge in [0.1, 0.15) is 0 Å². The summed E-state index contributed by atoms with van der Waals surface area (Å²) in [5.74, 6) is -1.21. The number of Topliss-reactive ketones (excluding diaryl/α,β-unsaturated/α-hetero) is 1. The lowest BCUT2D eigenvalue weighted by molar-refractivity contribution is -0.114. The van der Waals surface area contributed by atoms with Crippen LogP contribution in [0, 0.1) is 0 Å². The van der Waals surface area contributed by atoms with Crippen molar-refractivity contribution in [2.45, 2.75) is 6.42 Å². The predicted molar refractivity (Wildman–Crippen MR) is 80.5 cm³/mol. The van der Waals surface area contributed by atoms with E-state index < -0.39 is 11.7 Å². The van der Waals surface area contributed by atoms with Crippen LogP contribution in [0.15, 0.2) is 12.1 Å². The average molecular weight is 332 g/mol. The van der Waals surface area contributed by atoms with E-state index in [4.69, 9.17) is 32.7 Å². The fraction of sp³-hybridized carbons (Fsp3) is 0.429. The van der Waals surface area contributed by atoms with Crippen molar-refractivity contribution in [3.63, 3.8) is 0 Å². The first kappa shape index (κ1) is 16.2. The van der Waals surface area contributed by atoms with E-state index in [1.54, 1.807) is 13.2 Å². The molecule has 21 heavy (non-hydrogen) atoms. The van der Waals surface area contributed by atoms with E-state index in [0.717, 1.165) is 0 Å². The van der Waals surface area contributed by atoms with Crippen molar-refractivity contribution in [3.8, 4) is 0 Å². The molecule has 1 heterocycles. The van der Waals surface area contributed by atoms with Crippen LogP contribution in [-0.4, -0.2) is 45.2 Å². The summed E-state index contributed by atoms with van der Waals surface area (Å²) in [5, 5.41) is 0.584. The number of ether oxygens (including phenoxy) is 2. The van der Waals surface area contributed by atoms with Crippen LogP contribution in [0.2, 0.25) is 10.0 Å². The minimum absolute atomic E-state index is 0.189. The molecule has 0 N–H and O–H groups in total. The molecule has 0 fully saturated rings. The first-order valence-corrected chi connectivity index (χ1v) is 7.24. The average Bonchev–Trinajstić information content (AvgIpc) is 2.72. The van der Waals surface area contributed by atoms with Crippen LogP contribution in [0.5, 0.6) is 0 Å². The van der Waals surface area contributed by atoms with E-state index in [9.17, 15) is 9.59 Å². The van der Waals surface area contributed by atoms with Crippen molar-refractivity contribution in [1.82, 2.24) is 0 Å². The first-order chi connectivity index (χ1) is 10.1. The van der Waals surface area contributed by atoms with Crippen LogP contribution in [0.4, 0.5) is 5.69 Å². The molecule has 0 saturated carbocycles. The summed E-state index contributed by atoms with van der Waals surface area (Å²) in [5.41, 5.74) is 0.588. The van der Waals surface area contributed by atoms with E-state index >= 15 is 0 Å². The maximum absolute atomic E-state index is 12.0. The third kappa shape index (κ3) is 3.37. The van der Waals surface area contributed by atoms with Gasteiger partial charge >= 0.3 is 0 Å². The molecule has 114 valence electrons. The third-order valence-electron chi connectivity index (χ3n) is 3.12. The number of anilines is 1. The van der Waals surface area contributed by atoms with Gasteiger partial charge in [0, 0.05) is 20.3 Å². The highest BCUT2D eigenvalue weighted by molar-refractivity contribution is 6.56. The van der Waals surface area contributed by atoms with E-state index in [0.29, 0.717) is 43.5 Å². The van der Waals surface area contributed by atoms with Crippen LogP contribution in [0.1, 0.15) is 16.8 Å². The van der Waals surface area contributed by atoms with Crippen LogP contribution in [0.3, 0.4) is 0 Å². The topological polar surface area (TPSA) is 55.8 Å². The Hall–Kier alpha value is -1.14. The van der Waals surface area contributed by atoms with Gasteiger partial charge in [0.25, 0.3) is 11.7 Å². The summed E-state index contributed by atoms with van der Waals surface area (Å²) in [6, 6.07) is 3.10. The highest BCUT2D eigenvalue weighted by atomic mass is 35.5. The number of halogens is 2. The maximum atomic E-state index is 12.0. The zero-order valence-corrected chi connectivity index (χ0v) is 13.0. The van der Waals surface area contributed by atoms with Crippen molar-refractivity contribution in [2.24, 2.45) is 0 Å². The van der Waals surface area contributed by atoms with Crippen molar-refractivity contribution in [3.05, 3.63) is 27.7 Å². The highest BCUT2D eigenvalue weighted by Gasteiger charge is 2.38. The lowest BCUT2D eigenvalue weighted by atomic mass is 10.1. The minimum Gasteiger partial charge on any atom is -0.382 e. The number of carbonyl (C=O) groups excluding carboxylic acids is 2. The number of ketones is 1. The van der Waals surface area contributed by atoms with Gasteiger partial charge in [-0.3, -0.25) is 9.59 Å². The standard InChI is InChI=1S/C14H15Cl2NO4/c1-20-7-8-21-6-2-5-17-12-10(16)4-3-9(15)11(12)13(18)14(17)19/h3-4H,2,5-8H2,1H3. The van der Waals surface area contributed by atoms with E-state index in [-0.39, 0.29) is 10.6 Å². The Bertz CT molecular complexity index is 562. The maximum Gasteiger partial charge on any atom is 0.299 e. The molecule has 0 spiro atoms. The normalized spacial score (nSPS) is 14.0. The largest absolute Gasteiger partial charge is 0.382 e. The lowest BCUT2D eigenvalue weighted by Gasteiger charge is -2.17. The molecule has 0 bridgehead atoms. The first-order valence-electron chi connectivity index (χ1n) is 6.48. The zero-order valence-electron chi connectivity index (χ0n) is 11.5. The number of benzene rings is 1. The van der Waals surface area contributed by atoms with Crippen molar-refractivity contribution < 1.29 is 19.1 Å². The molecule has 0 saturated heterocycles. The van der Waals surface area contributed by atoms with E-state index in [1.165, 1.54) is 11.0 Å². The highest BCUT2D eigenvalue weighted by Crippen LogP contribution is 2.39. The number of nitrogens with zero attached hydrogens (tertiary/aromatic N) is 1. The zero-order chi connectivity index (χ0) is 15.4. The van der Waals surface area contributed by atoms with Crippen molar-refractivity contribution in [1.29, 1.82) is 0 Å². The van der Waals surface area contributed by atoms with Gasteiger partial charge < -0.3 is 14.4 Å². The second kappa shape index (κ2) is 7.22. The summed E-state index contributed by atoms with van der Waals surface area (Å²) < 4.78 is 10.2. The molecule has 0 aromatic heterocycles. The molecule has 1 amide bonds.